The SMILES string of the molecule is CNCCOCCOCCC(=O)ON1C(=O)CCC1=O. The predicted octanol–water partition coefficient (Wildman–Crippen LogP) is -0.764. The molecule has 2 amide bonds. The fourth-order valence-corrected chi connectivity index (χ4v) is 1.46. The molecule has 1 N–H and O–H groups in total. The Bertz CT molecular complexity index is 331. The number of likely N-dealkylation sites (N-methyl/N-ethyl adjacent to an activating group) is 1. The zero-order valence-corrected chi connectivity index (χ0v) is 11.6. The summed E-state index contributed by atoms with van der Waals surface area (Å²) in [5.41, 5.74) is 0. The molecule has 0 bridgehead atoms. The average molecular weight is 288 g/mol. The monoisotopic (exact) mass is 288 g/mol. The first-order valence-electron chi connectivity index (χ1n) is 6.52. The predicted molar refractivity (Wildman–Crippen MR) is 67.4 cm³/mol. The quantitative estimate of drug-likeness (QED) is 0.417. The molecule has 0 aromatic rings. The van der Waals surface area contributed by atoms with Crippen LogP contribution in [0.2, 0.25) is 0 Å². The molecule has 0 aromatic carbocycles. The molecule has 0 aliphatic carbocycles. The zero-order valence-electron chi connectivity index (χ0n) is 11.6. The van der Waals surface area contributed by atoms with Gasteiger partial charge in [0, 0.05) is 19.4 Å². The Morgan fingerprint density at radius 3 is 2.30 bits per heavy atom. The first-order valence-corrected chi connectivity index (χ1v) is 6.52. The number of rotatable bonds is 10. The van der Waals surface area contributed by atoms with Gasteiger partial charge in [-0.1, -0.05) is 0 Å². The van der Waals surface area contributed by atoms with Crippen LogP contribution in [0.25, 0.3) is 0 Å². The second-order valence-corrected chi connectivity index (χ2v) is 4.12. The molecule has 1 saturated heterocycles. The lowest BCUT2D eigenvalue weighted by molar-refractivity contribution is -0.198. The smallest absolute Gasteiger partial charge is 0.335 e. The van der Waals surface area contributed by atoms with E-state index in [-0.39, 0.29) is 25.9 Å². The Kier molecular flexibility index (Phi) is 7.78. The molecule has 0 atom stereocenters. The van der Waals surface area contributed by atoms with Crippen LogP contribution in [0.3, 0.4) is 0 Å². The minimum atomic E-state index is -0.662. The van der Waals surface area contributed by atoms with Crippen LogP contribution in [-0.2, 0) is 28.7 Å². The largest absolute Gasteiger partial charge is 0.378 e. The molecule has 1 heterocycles. The van der Waals surface area contributed by atoms with Crippen molar-refractivity contribution in [1.82, 2.24) is 10.4 Å². The Morgan fingerprint density at radius 1 is 1.10 bits per heavy atom. The maximum atomic E-state index is 11.4. The third-order valence-corrected chi connectivity index (χ3v) is 2.52. The van der Waals surface area contributed by atoms with Gasteiger partial charge >= 0.3 is 5.97 Å². The van der Waals surface area contributed by atoms with Gasteiger partial charge in [0.15, 0.2) is 0 Å². The minimum Gasteiger partial charge on any atom is -0.378 e. The van der Waals surface area contributed by atoms with E-state index in [1.165, 1.54) is 0 Å². The van der Waals surface area contributed by atoms with Gasteiger partial charge in [-0.3, -0.25) is 9.59 Å². The van der Waals surface area contributed by atoms with Gasteiger partial charge in [-0.25, -0.2) is 4.79 Å². The standard InChI is InChI=1S/C12H20N2O6/c1-13-5-7-19-9-8-18-6-4-12(17)20-14-10(15)2-3-11(14)16/h13H,2-9H2,1H3. The van der Waals surface area contributed by atoms with Crippen molar-refractivity contribution in [1.29, 1.82) is 0 Å². The molecule has 0 spiro atoms. The van der Waals surface area contributed by atoms with E-state index in [0.717, 1.165) is 6.54 Å². The number of hydrogen-bond donors (Lipinski definition) is 1. The van der Waals surface area contributed by atoms with Crippen LogP contribution in [0.1, 0.15) is 19.3 Å². The minimum absolute atomic E-state index is 0.0203. The number of hydrogen-bond acceptors (Lipinski definition) is 7. The van der Waals surface area contributed by atoms with Crippen LogP contribution in [-0.4, -0.2) is 62.9 Å². The third-order valence-electron chi connectivity index (χ3n) is 2.52. The summed E-state index contributed by atoms with van der Waals surface area (Å²) in [4.78, 5) is 38.4. The molecule has 20 heavy (non-hydrogen) atoms. The molecule has 0 radical (unpaired) electrons. The van der Waals surface area contributed by atoms with E-state index in [0.29, 0.717) is 24.9 Å². The third kappa shape index (κ3) is 6.09. The Hall–Kier alpha value is -1.51. The normalized spacial score (nSPS) is 14.9. The van der Waals surface area contributed by atoms with Crippen LogP contribution in [0.5, 0.6) is 0 Å². The number of carbonyl (C=O) groups excluding carboxylic acids is 3. The van der Waals surface area contributed by atoms with Crippen LogP contribution in [0.4, 0.5) is 0 Å². The van der Waals surface area contributed by atoms with Gasteiger partial charge in [-0.2, -0.15) is 0 Å². The lowest BCUT2D eigenvalue weighted by Crippen LogP contribution is -2.32. The van der Waals surface area contributed by atoms with E-state index in [2.05, 4.69) is 10.2 Å². The first-order chi connectivity index (χ1) is 9.65. The number of hydroxylamine groups is 2. The van der Waals surface area contributed by atoms with Gasteiger partial charge in [-0.05, 0) is 7.05 Å². The van der Waals surface area contributed by atoms with Gasteiger partial charge in [0.05, 0.1) is 32.8 Å². The summed E-state index contributed by atoms with van der Waals surface area (Å²) in [6.07, 6.45) is 0.159. The van der Waals surface area contributed by atoms with E-state index in [9.17, 15) is 14.4 Å². The van der Waals surface area contributed by atoms with Gasteiger partial charge in [-0.15, -0.1) is 5.06 Å². The summed E-state index contributed by atoms with van der Waals surface area (Å²) in [5.74, 6) is -1.63. The van der Waals surface area contributed by atoms with Crippen molar-refractivity contribution in [3.8, 4) is 0 Å². The maximum absolute atomic E-state index is 11.4. The molecular formula is C12H20N2O6. The van der Waals surface area contributed by atoms with Crippen molar-refractivity contribution >= 4 is 17.8 Å². The summed E-state index contributed by atoms with van der Waals surface area (Å²) < 4.78 is 10.4. The lowest BCUT2D eigenvalue weighted by Gasteiger charge is -2.12. The molecule has 8 heteroatoms. The number of nitrogens with one attached hydrogen (secondary N) is 1. The molecule has 0 aromatic heterocycles. The fraction of sp³-hybridized carbons (Fsp3) is 0.750. The molecular weight excluding hydrogens is 268 g/mol. The second kappa shape index (κ2) is 9.40. The van der Waals surface area contributed by atoms with Crippen molar-refractivity contribution in [2.45, 2.75) is 19.3 Å². The number of ether oxygens (including phenoxy) is 2. The van der Waals surface area contributed by atoms with Crippen molar-refractivity contribution in [2.24, 2.45) is 0 Å². The Labute approximate surface area is 117 Å². The molecule has 114 valence electrons. The summed E-state index contributed by atoms with van der Waals surface area (Å²) >= 11 is 0. The van der Waals surface area contributed by atoms with Gasteiger partial charge in [0.2, 0.25) is 0 Å². The van der Waals surface area contributed by atoms with Gasteiger partial charge < -0.3 is 19.6 Å². The molecule has 1 fully saturated rings. The van der Waals surface area contributed by atoms with E-state index in [1.807, 2.05) is 7.05 Å². The van der Waals surface area contributed by atoms with E-state index >= 15 is 0 Å². The van der Waals surface area contributed by atoms with Gasteiger partial charge in [0.25, 0.3) is 11.8 Å². The highest BCUT2D eigenvalue weighted by molar-refractivity contribution is 6.01. The van der Waals surface area contributed by atoms with Crippen LogP contribution in [0.15, 0.2) is 0 Å². The molecule has 1 aliphatic heterocycles. The summed E-state index contributed by atoms with van der Waals surface area (Å²) in [6.45, 7) is 2.34. The van der Waals surface area contributed by atoms with Gasteiger partial charge in [0.1, 0.15) is 0 Å². The number of nitrogens with zero attached hydrogens (tertiary/aromatic N) is 1. The van der Waals surface area contributed by atoms with E-state index in [4.69, 9.17) is 9.47 Å². The van der Waals surface area contributed by atoms with Crippen molar-refractivity contribution < 1.29 is 28.7 Å². The summed E-state index contributed by atoms with van der Waals surface area (Å²) in [6, 6.07) is 0. The molecule has 1 aliphatic rings. The second-order valence-electron chi connectivity index (χ2n) is 4.12. The summed E-state index contributed by atoms with van der Waals surface area (Å²) in [7, 11) is 1.83. The molecule has 0 saturated carbocycles. The summed E-state index contributed by atoms with van der Waals surface area (Å²) in [5, 5.41) is 3.47. The fourth-order valence-electron chi connectivity index (χ4n) is 1.46. The molecule has 8 nitrogen and oxygen atoms in total. The Morgan fingerprint density at radius 2 is 1.70 bits per heavy atom. The first kappa shape index (κ1) is 16.5. The topological polar surface area (TPSA) is 94.2 Å². The van der Waals surface area contributed by atoms with E-state index < -0.39 is 17.8 Å². The van der Waals surface area contributed by atoms with Crippen molar-refractivity contribution in [3.05, 3.63) is 0 Å². The highest BCUT2D eigenvalue weighted by Gasteiger charge is 2.32. The van der Waals surface area contributed by atoms with Crippen molar-refractivity contribution in [3.63, 3.8) is 0 Å². The highest BCUT2D eigenvalue weighted by atomic mass is 16.7. The van der Waals surface area contributed by atoms with Crippen molar-refractivity contribution in [2.75, 3.05) is 40.0 Å². The Balaban J connectivity index is 2.00. The van der Waals surface area contributed by atoms with Crippen LogP contribution >= 0.6 is 0 Å². The number of imide groups is 1. The number of amides is 2. The lowest BCUT2D eigenvalue weighted by atomic mass is 10.4. The highest BCUT2D eigenvalue weighted by Crippen LogP contribution is 2.12. The molecule has 0 unspecified atom stereocenters. The molecule has 1 rings (SSSR count). The number of carbonyl (C=O) groups is 3. The maximum Gasteiger partial charge on any atom is 0.335 e. The van der Waals surface area contributed by atoms with Crippen LogP contribution < -0.4 is 5.32 Å². The van der Waals surface area contributed by atoms with E-state index in [1.54, 1.807) is 0 Å². The van der Waals surface area contributed by atoms with Crippen LogP contribution in [0, 0.1) is 0 Å². The zero-order chi connectivity index (χ0) is 14.8. The average Bonchev–Trinajstić information content (AvgIpc) is 2.73.